The number of anilines is 1. The zero-order valence-electron chi connectivity index (χ0n) is 22.4. The fourth-order valence-corrected chi connectivity index (χ4v) is 5.95. The van der Waals surface area contributed by atoms with Gasteiger partial charge in [-0.3, -0.25) is 13.9 Å². The van der Waals surface area contributed by atoms with E-state index in [4.69, 9.17) is 11.6 Å². The van der Waals surface area contributed by atoms with Crippen molar-refractivity contribution in [3.63, 3.8) is 0 Å². The van der Waals surface area contributed by atoms with Gasteiger partial charge in [0.2, 0.25) is 11.8 Å². The number of carbonyl (C=O) groups excluding carboxylic acids is 2. The number of nitrogens with one attached hydrogen (secondary N) is 1. The molecule has 0 fully saturated rings. The monoisotopic (exact) mass is 555 g/mol. The van der Waals surface area contributed by atoms with Gasteiger partial charge in [-0.15, -0.1) is 0 Å². The average Bonchev–Trinajstić information content (AvgIpc) is 2.89. The number of rotatable bonds is 10. The van der Waals surface area contributed by atoms with Gasteiger partial charge in [-0.2, -0.15) is 0 Å². The molecule has 1 N–H and O–H groups in total. The van der Waals surface area contributed by atoms with Crippen molar-refractivity contribution in [2.75, 3.05) is 17.9 Å². The molecular formula is C29H34ClN3O4S. The van der Waals surface area contributed by atoms with Gasteiger partial charge in [0.1, 0.15) is 12.6 Å². The van der Waals surface area contributed by atoms with E-state index in [0.29, 0.717) is 22.7 Å². The molecule has 3 rings (SSSR count). The molecule has 1 unspecified atom stereocenters. The Labute approximate surface area is 230 Å². The van der Waals surface area contributed by atoms with Crippen molar-refractivity contribution in [3.8, 4) is 0 Å². The molecular weight excluding hydrogens is 522 g/mol. The quantitative estimate of drug-likeness (QED) is 0.381. The molecule has 0 heterocycles. The van der Waals surface area contributed by atoms with E-state index in [1.165, 1.54) is 24.1 Å². The van der Waals surface area contributed by atoms with E-state index in [1.54, 1.807) is 37.3 Å². The summed E-state index contributed by atoms with van der Waals surface area (Å²) in [7, 11) is -2.63. The maximum atomic E-state index is 14.0. The molecule has 0 spiro atoms. The lowest BCUT2D eigenvalue weighted by Gasteiger charge is -2.33. The SMILES string of the molecule is CCC(C(=O)NC)N(Cc1cccc(C)c1)C(=O)CN(c1cccc(Cl)c1C)S(=O)(=O)c1ccc(C)cc1. The zero-order chi connectivity index (χ0) is 28.0. The fourth-order valence-electron chi connectivity index (χ4n) is 4.31. The summed E-state index contributed by atoms with van der Waals surface area (Å²) in [6, 6.07) is 18.3. The highest BCUT2D eigenvalue weighted by molar-refractivity contribution is 7.92. The predicted octanol–water partition coefficient (Wildman–Crippen LogP) is 5.01. The first kappa shape index (κ1) is 29.2. The van der Waals surface area contributed by atoms with Crippen molar-refractivity contribution in [2.45, 2.75) is 51.6 Å². The fraction of sp³-hybridized carbons (Fsp3) is 0.310. The molecule has 0 aliphatic rings. The van der Waals surface area contributed by atoms with Gasteiger partial charge < -0.3 is 10.2 Å². The molecule has 0 bridgehead atoms. The lowest BCUT2D eigenvalue weighted by atomic mass is 10.1. The summed E-state index contributed by atoms with van der Waals surface area (Å²) in [6.07, 6.45) is 0.359. The van der Waals surface area contributed by atoms with Crippen molar-refractivity contribution in [2.24, 2.45) is 0 Å². The molecule has 202 valence electrons. The molecule has 9 heteroatoms. The molecule has 0 aromatic heterocycles. The van der Waals surface area contributed by atoms with E-state index in [2.05, 4.69) is 5.32 Å². The summed E-state index contributed by atoms with van der Waals surface area (Å²) >= 11 is 6.36. The Morgan fingerprint density at radius 1 is 0.947 bits per heavy atom. The summed E-state index contributed by atoms with van der Waals surface area (Å²) in [4.78, 5) is 28.3. The van der Waals surface area contributed by atoms with Crippen LogP contribution in [0.1, 0.15) is 35.6 Å². The van der Waals surface area contributed by atoms with Gasteiger partial charge in [0.25, 0.3) is 10.0 Å². The standard InChI is InChI=1S/C29H34ClN3O4S/c1-6-26(29(35)31-5)32(18-23-10-7-9-21(3)17-23)28(34)19-33(27-12-8-11-25(30)22(27)4)38(36,37)24-15-13-20(2)14-16-24/h7-17,26H,6,18-19H2,1-5H3,(H,31,35). The first-order valence-electron chi connectivity index (χ1n) is 12.4. The number of sulfonamides is 1. The Morgan fingerprint density at radius 2 is 1.61 bits per heavy atom. The molecule has 38 heavy (non-hydrogen) atoms. The summed E-state index contributed by atoms with van der Waals surface area (Å²) in [5.41, 5.74) is 3.59. The third kappa shape index (κ3) is 6.55. The number of amides is 2. The van der Waals surface area contributed by atoms with Crippen molar-refractivity contribution < 1.29 is 18.0 Å². The minimum absolute atomic E-state index is 0.0545. The molecule has 1 atom stereocenters. The lowest BCUT2D eigenvalue weighted by Crippen LogP contribution is -2.51. The number of hydrogen-bond donors (Lipinski definition) is 1. The van der Waals surface area contributed by atoms with Gasteiger partial charge >= 0.3 is 0 Å². The predicted molar refractivity (Wildman–Crippen MR) is 152 cm³/mol. The molecule has 0 saturated carbocycles. The van der Waals surface area contributed by atoms with Crippen LogP contribution >= 0.6 is 11.6 Å². The Hall–Kier alpha value is -3.36. The Bertz CT molecular complexity index is 1410. The Balaban J connectivity index is 2.11. The summed E-state index contributed by atoms with van der Waals surface area (Å²) < 4.78 is 28.9. The first-order valence-corrected chi connectivity index (χ1v) is 14.2. The van der Waals surface area contributed by atoms with Crippen LogP contribution in [0.3, 0.4) is 0 Å². The van der Waals surface area contributed by atoms with Crippen LogP contribution in [0.5, 0.6) is 0 Å². The normalized spacial score (nSPS) is 12.1. The van der Waals surface area contributed by atoms with E-state index in [1.807, 2.05) is 45.0 Å². The van der Waals surface area contributed by atoms with Crippen LogP contribution in [0, 0.1) is 20.8 Å². The third-order valence-corrected chi connectivity index (χ3v) is 8.65. The second-order valence-electron chi connectivity index (χ2n) is 9.26. The van der Waals surface area contributed by atoms with Gasteiger partial charge in [-0.05, 0) is 62.6 Å². The maximum absolute atomic E-state index is 14.0. The Morgan fingerprint density at radius 3 is 2.21 bits per heavy atom. The lowest BCUT2D eigenvalue weighted by molar-refractivity contribution is -0.140. The Kier molecular flexibility index (Phi) is 9.57. The number of carbonyl (C=O) groups is 2. The topological polar surface area (TPSA) is 86.8 Å². The minimum atomic E-state index is -4.15. The van der Waals surface area contributed by atoms with E-state index >= 15 is 0 Å². The van der Waals surface area contributed by atoms with Crippen LogP contribution < -0.4 is 9.62 Å². The van der Waals surface area contributed by atoms with E-state index < -0.39 is 28.5 Å². The zero-order valence-corrected chi connectivity index (χ0v) is 23.9. The van der Waals surface area contributed by atoms with Gasteiger partial charge in [-0.25, -0.2) is 8.42 Å². The number of likely N-dealkylation sites (N-methyl/N-ethyl adjacent to an activating group) is 1. The van der Waals surface area contributed by atoms with Crippen LogP contribution in [0.15, 0.2) is 71.6 Å². The van der Waals surface area contributed by atoms with Gasteiger partial charge in [0.15, 0.2) is 0 Å². The highest BCUT2D eigenvalue weighted by Crippen LogP contribution is 2.31. The largest absolute Gasteiger partial charge is 0.357 e. The van der Waals surface area contributed by atoms with E-state index in [-0.39, 0.29) is 17.3 Å². The van der Waals surface area contributed by atoms with Crippen LogP contribution in [0.25, 0.3) is 0 Å². The number of nitrogens with zero attached hydrogens (tertiary/aromatic N) is 2. The van der Waals surface area contributed by atoms with Crippen molar-refractivity contribution in [1.29, 1.82) is 0 Å². The van der Waals surface area contributed by atoms with Gasteiger partial charge in [0, 0.05) is 18.6 Å². The number of halogens is 1. The average molecular weight is 556 g/mol. The molecule has 3 aromatic rings. The van der Waals surface area contributed by atoms with Crippen LogP contribution in [-0.4, -0.2) is 44.8 Å². The smallest absolute Gasteiger partial charge is 0.264 e. The molecule has 0 aliphatic carbocycles. The second kappa shape index (κ2) is 12.5. The number of aryl methyl sites for hydroxylation is 2. The minimum Gasteiger partial charge on any atom is -0.357 e. The first-order chi connectivity index (χ1) is 18.0. The summed E-state index contributed by atoms with van der Waals surface area (Å²) in [6.45, 7) is 6.99. The summed E-state index contributed by atoms with van der Waals surface area (Å²) in [5, 5.41) is 3.01. The van der Waals surface area contributed by atoms with Crippen molar-refractivity contribution in [3.05, 3.63) is 94.0 Å². The van der Waals surface area contributed by atoms with Crippen LogP contribution in [0.4, 0.5) is 5.69 Å². The highest BCUT2D eigenvalue weighted by Gasteiger charge is 2.34. The van der Waals surface area contributed by atoms with Gasteiger partial charge in [-0.1, -0.05) is 72.1 Å². The van der Waals surface area contributed by atoms with Gasteiger partial charge in [0.05, 0.1) is 10.6 Å². The molecule has 0 saturated heterocycles. The van der Waals surface area contributed by atoms with E-state index in [9.17, 15) is 18.0 Å². The second-order valence-corrected chi connectivity index (χ2v) is 11.5. The number of benzene rings is 3. The molecule has 7 nitrogen and oxygen atoms in total. The van der Waals surface area contributed by atoms with Crippen LogP contribution in [0.2, 0.25) is 5.02 Å². The van der Waals surface area contributed by atoms with Crippen molar-refractivity contribution in [1.82, 2.24) is 10.2 Å². The van der Waals surface area contributed by atoms with Crippen molar-refractivity contribution >= 4 is 39.1 Å². The summed E-state index contributed by atoms with van der Waals surface area (Å²) in [5.74, 6) is -0.822. The molecule has 2 amide bonds. The molecule has 0 aliphatic heterocycles. The van der Waals surface area contributed by atoms with Crippen LogP contribution in [-0.2, 0) is 26.2 Å². The molecule has 3 aromatic carbocycles. The van der Waals surface area contributed by atoms with E-state index in [0.717, 1.165) is 21.0 Å². The third-order valence-electron chi connectivity index (χ3n) is 6.46. The maximum Gasteiger partial charge on any atom is 0.264 e. The number of hydrogen-bond acceptors (Lipinski definition) is 4. The molecule has 0 radical (unpaired) electrons. The highest BCUT2D eigenvalue weighted by atomic mass is 35.5.